The maximum Gasteiger partial charge on any atom is 0.248 e. The lowest BCUT2D eigenvalue weighted by molar-refractivity contribution is -0.135. The first kappa shape index (κ1) is 17.2. The van der Waals surface area contributed by atoms with Gasteiger partial charge in [0.05, 0.1) is 6.61 Å². The van der Waals surface area contributed by atoms with E-state index in [1.54, 1.807) is 7.11 Å². The summed E-state index contributed by atoms with van der Waals surface area (Å²) in [6, 6.07) is 8.39. The summed E-state index contributed by atoms with van der Waals surface area (Å²) in [7, 11) is 1.58. The van der Waals surface area contributed by atoms with Gasteiger partial charge in [0.15, 0.2) is 0 Å². The average Bonchev–Trinajstić information content (AvgIpc) is 2.93. The van der Waals surface area contributed by atoms with E-state index in [1.807, 2.05) is 11.0 Å². The molecule has 1 unspecified atom stereocenters. The number of amides is 1. The summed E-state index contributed by atoms with van der Waals surface area (Å²) in [5.41, 5.74) is 1.33. The minimum Gasteiger partial charge on any atom is -0.493 e. The Morgan fingerprint density at radius 3 is 3.00 bits per heavy atom. The summed E-state index contributed by atoms with van der Waals surface area (Å²) >= 11 is 0. The van der Waals surface area contributed by atoms with E-state index in [4.69, 9.17) is 9.47 Å². The number of benzene rings is 1. The van der Waals surface area contributed by atoms with Crippen LogP contribution in [0.1, 0.15) is 18.4 Å². The molecule has 2 aliphatic heterocycles. The molecular formula is C19H28N2O3. The number of rotatable bonds is 4. The van der Waals surface area contributed by atoms with Crippen LogP contribution in [0.5, 0.6) is 5.75 Å². The highest BCUT2D eigenvalue weighted by molar-refractivity contribution is 5.77. The summed E-state index contributed by atoms with van der Waals surface area (Å²) in [6.45, 7) is 5.75. The van der Waals surface area contributed by atoms with Crippen LogP contribution in [0, 0.1) is 5.92 Å². The van der Waals surface area contributed by atoms with Crippen molar-refractivity contribution in [1.82, 2.24) is 9.80 Å². The van der Waals surface area contributed by atoms with Crippen molar-refractivity contribution in [3.63, 3.8) is 0 Å². The predicted molar refractivity (Wildman–Crippen MR) is 93.3 cm³/mol. The van der Waals surface area contributed by atoms with Gasteiger partial charge in [-0.25, -0.2) is 0 Å². The molecule has 5 nitrogen and oxygen atoms in total. The van der Waals surface area contributed by atoms with Gasteiger partial charge in [-0.1, -0.05) is 18.2 Å². The van der Waals surface area contributed by atoms with Crippen molar-refractivity contribution in [1.29, 1.82) is 0 Å². The van der Waals surface area contributed by atoms with E-state index in [1.165, 1.54) is 5.56 Å². The second kappa shape index (κ2) is 8.49. The third kappa shape index (κ3) is 4.48. The normalized spacial score (nSPS) is 22.2. The summed E-state index contributed by atoms with van der Waals surface area (Å²) < 4.78 is 10.9. The maximum absolute atomic E-state index is 12.0. The van der Waals surface area contributed by atoms with Gasteiger partial charge in [-0.05, 0) is 43.4 Å². The Morgan fingerprint density at radius 2 is 2.12 bits per heavy atom. The zero-order valence-electron chi connectivity index (χ0n) is 14.6. The van der Waals surface area contributed by atoms with Crippen molar-refractivity contribution in [3.8, 4) is 5.75 Å². The number of hydrogen-bond donors (Lipinski definition) is 0. The maximum atomic E-state index is 12.0. The van der Waals surface area contributed by atoms with E-state index in [0.717, 1.165) is 64.3 Å². The van der Waals surface area contributed by atoms with E-state index in [-0.39, 0.29) is 12.5 Å². The van der Waals surface area contributed by atoms with Crippen molar-refractivity contribution in [2.45, 2.75) is 19.3 Å². The Bertz CT molecular complexity index is 549. The molecule has 132 valence electrons. The molecule has 0 aliphatic carbocycles. The first-order chi connectivity index (χ1) is 11.8. The smallest absolute Gasteiger partial charge is 0.248 e. The zero-order chi connectivity index (χ0) is 16.8. The van der Waals surface area contributed by atoms with E-state index in [0.29, 0.717) is 5.92 Å². The lowest BCUT2D eigenvalue weighted by atomic mass is 9.96. The molecule has 24 heavy (non-hydrogen) atoms. The first-order valence-electron chi connectivity index (χ1n) is 8.96. The molecule has 0 spiro atoms. The molecule has 0 aromatic heterocycles. The third-order valence-electron chi connectivity index (χ3n) is 4.99. The molecule has 5 heteroatoms. The highest BCUT2D eigenvalue weighted by atomic mass is 16.5. The van der Waals surface area contributed by atoms with Crippen LogP contribution in [0.3, 0.4) is 0 Å². The number of fused-ring (bicyclic) bond motifs is 1. The molecule has 1 saturated heterocycles. The van der Waals surface area contributed by atoms with Crippen LogP contribution >= 0.6 is 0 Å². The number of para-hydroxylation sites is 1. The fraction of sp³-hybridized carbons (Fsp3) is 0.632. The SMILES string of the molecule is COCC(=O)N1CCCN(CC2CCOc3ccccc3C2)CC1. The molecule has 3 rings (SSSR count). The summed E-state index contributed by atoms with van der Waals surface area (Å²) in [5.74, 6) is 1.78. The average molecular weight is 332 g/mol. The molecule has 1 atom stereocenters. The van der Waals surface area contributed by atoms with Crippen molar-refractivity contribution < 1.29 is 14.3 Å². The standard InChI is InChI=1S/C19H28N2O3/c1-23-15-19(22)21-9-4-8-20(10-11-21)14-16-7-12-24-18-6-3-2-5-17(18)13-16/h2-3,5-6,16H,4,7-15H2,1H3. The molecule has 1 aromatic rings. The number of nitrogens with zero attached hydrogens (tertiary/aromatic N) is 2. The van der Waals surface area contributed by atoms with Crippen molar-refractivity contribution >= 4 is 5.91 Å². The van der Waals surface area contributed by atoms with Gasteiger partial charge in [0.2, 0.25) is 5.91 Å². The highest BCUT2D eigenvalue weighted by Gasteiger charge is 2.23. The van der Waals surface area contributed by atoms with E-state index >= 15 is 0 Å². The van der Waals surface area contributed by atoms with E-state index in [9.17, 15) is 4.79 Å². The minimum absolute atomic E-state index is 0.108. The fourth-order valence-electron chi connectivity index (χ4n) is 3.70. The number of carbonyl (C=O) groups excluding carboxylic acids is 1. The van der Waals surface area contributed by atoms with E-state index in [2.05, 4.69) is 23.1 Å². The predicted octanol–water partition coefficient (Wildman–Crippen LogP) is 1.81. The lowest BCUT2D eigenvalue weighted by Crippen LogP contribution is -2.38. The number of ether oxygens (including phenoxy) is 2. The molecule has 2 heterocycles. The van der Waals surface area contributed by atoms with Crippen LogP contribution in [0.2, 0.25) is 0 Å². The van der Waals surface area contributed by atoms with E-state index < -0.39 is 0 Å². The molecule has 1 aromatic carbocycles. The summed E-state index contributed by atoms with van der Waals surface area (Å²) in [5, 5.41) is 0. The monoisotopic (exact) mass is 332 g/mol. The topological polar surface area (TPSA) is 42.0 Å². The highest BCUT2D eigenvalue weighted by Crippen LogP contribution is 2.27. The Hall–Kier alpha value is -1.59. The van der Waals surface area contributed by atoms with Gasteiger partial charge >= 0.3 is 0 Å². The van der Waals surface area contributed by atoms with Gasteiger partial charge in [-0.3, -0.25) is 4.79 Å². The van der Waals surface area contributed by atoms with Crippen LogP contribution in [-0.2, 0) is 16.0 Å². The van der Waals surface area contributed by atoms with Crippen LogP contribution in [0.25, 0.3) is 0 Å². The first-order valence-corrected chi connectivity index (χ1v) is 8.96. The van der Waals surface area contributed by atoms with Gasteiger partial charge in [0.25, 0.3) is 0 Å². The molecule has 0 N–H and O–H groups in total. The largest absolute Gasteiger partial charge is 0.493 e. The Kier molecular flexibility index (Phi) is 6.10. The number of methoxy groups -OCH3 is 1. The van der Waals surface area contributed by atoms with Crippen molar-refractivity contribution in [2.75, 3.05) is 53.0 Å². The van der Waals surface area contributed by atoms with Crippen LogP contribution in [0.15, 0.2) is 24.3 Å². The van der Waals surface area contributed by atoms with Crippen LogP contribution < -0.4 is 4.74 Å². The van der Waals surface area contributed by atoms with Gasteiger partial charge in [-0.15, -0.1) is 0 Å². The Balaban J connectivity index is 1.54. The van der Waals surface area contributed by atoms with Gasteiger partial charge in [-0.2, -0.15) is 0 Å². The Labute approximate surface area is 144 Å². The number of carbonyl (C=O) groups is 1. The molecule has 2 aliphatic rings. The van der Waals surface area contributed by atoms with Gasteiger partial charge < -0.3 is 19.3 Å². The second-order valence-electron chi connectivity index (χ2n) is 6.78. The summed E-state index contributed by atoms with van der Waals surface area (Å²) in [6.07, 6.45) is 3.21. The van der Waals surface area contributed by atoms with Crippen LogP contribution in [0.4, 0.5) is 0 Å². The minimum atomic E-state index is 0.108. The number of hydrogen-bond acceptors (Lipinski definition) is 4. The molecule has 1 fully saturated rings. The van der Waals surface area contributed by atoms with Gasteiger partial charge in [0, 0.05) is 33.3 Å². The molecule has 1 amide bonds. The van der Waals surface area contributed by atoms with Gasteiger partial charge in [0.1, 0.15) is 12.4 Å². The molecule has 0 saturated carbocycles. The third-order valence-corrected chi connectivity index (χ3v) is 4.99. The molecule has 0 bridgehead atoms. The quantitative estimate of drug-likeness (QED) is 0.843. The van der Waals surface area contributed by atoms with Crippen molar-refractivity contribution in [2.24, 2.45) is 5.92 Å². The molecule has 0 radical (unpaired) electrons. The fourth-order valence-corrected chi connectivity index (χ4v) is 3.70. The zero-order valence-corrected chi connectivity index (χ0v) is 14.6. The summed E-state index contributed by atoms with van der Waals surface area (Å²) in [4.78, 5) is 16.4. The second-order valence-corrected chi connectivity index (χ2v) is 6.78. The van der Waals surface area contributed by atoms with Crippen LogP contribution in [-0.4, -0.2) is 68.8 Å². The molecular weight excluding hydrogens is 304 g/mol. The van der Waals surface area contributed by atoms with Crippen molar-refractivity contribution in [3.05, 3.63) is 29.8 Å². The lowest BCUT2D eigenvalue weighted by Gasteiger charge is -2.25. The Morgan fingerprint density at radius 1 is 1.25 bits per heavy atom.